The van der Waals surface area contributed by atoms with Crippen LogP contribution in [-0.4, -0.2) is 21.1 Å². The number of nitrogens with one attached hydrogen (secondary N) is 2. The number of aryl methyl sites for hydroxylation is 1. The van der Waals surface area contributed by atoms with Gasteiger partial charge in [-0.3, -0.25) is 9.59 Å². The number of para-hydroxylation sites is 1. The normalized spacial score (nSPS) is 12.0. The highest BCUT2D eigenvalue weighted by Gasteiger charge is 2.20. The number of amides is 1. The second kappa shape index (κ2) is 7.22. The van der Waals surface area contributed by atoms with E-state index in [2.05, 4.69) is 15.3 Å². The molecule has 2 rings (SSSR count). The lowest BCUT2D eigenvalue weighted by atomic mass is 10.2. The summed E-state index contributed by atoms with van der Waals surface area (Å²) in [6.45, 7) is 3.55. The maximum Gasteiger partial charge on any atom is 0.251 e. The molecular weight excluding hydrogens is 305 g/mol. The highest BCUT2D eigenvalue weighted by Crippen LogP contribution is 2.23. The summed E-state index contributed by atoms with van der Waals surface area (Å²) in [6, 6.07) is 7.36. The molecule has 0 bridgehead atoms. The Bertz CT molecular complexity index is 733. The average Bonchev–Trinajstić information content (AvgIpc) is 2.46. The van der Waals surface area contributed by atoms with Gasteiger partial charge in [-0.15, -0.1) is 0 Å². The van der Waals surface area contributed by atoms with Crippen LogP contribution in [0.3, 0.4) is 0 Å². The van der Waals surface area contributed by atoms with Crippen LogP contribution in [0.2, 0.25) is 0 Å². The van der Waals surface area contributed by atoms with Crippen LogP contribution < -0.4 is 10.9 Å². The summed E-state index contributed by atoms with van der Waals surface area (Å²) in [7, 11) is 0. The summed E-state index contributed by atoms with van der Waals surface area (Å²) in [5.41, 5.74) is 0.451. The van der Waals surface area contributed by atoms with E-state index in [1.165, 1.54) is 18.2 Å². The van der Waals surface area contributed by atoms with Crippen LogP contribution in [0.15, 0.2) is 40.3 Å². The monoisotopic (exact) mass is 321 g/mol. The van der Waals surface area contributed by atoms with Gasteiger partial charge in [-0.05, 0) is 25.5 Å². The number of halogens is 1. The van der Waals surface area contributed by atoms with Crippen molar-refractivity contribution in [2.75, 3.05) is 5.32 Å². The molecule has 7 heteroatoms. The standard InChI is InChI=1S/C15H16FN3O2S/c1-3-12(22-15-17-9(2)8-13(20)19-15)14(21)18-11-7-5-4-6-10(11)16/h4-8,12H,3H2,1-2H3,(H,18,21)(H,17,19,20). The zero-order chi connectivity index (χ0) is 16.1. The van der Waals surface area contributed by atoms with Crippen molar-refractivity contribution in [3.05, 3.63) is 52.2 Å². The van der Waals surface area contributed by atoms with Crippen LogP contribution in [0.5, 0.6) is 0 Å². The summed E-state index contributed by atoms with van der Waals surface area (Å²) in [4.78, 5) is 30.4. The highest BCUT2D eigenvalue weighted by molar-refractivity contribution is 8.00. The van der Waals surface area contributed by atoms with Gasteiger partial charge < -0.3 is 10.3 Å². The van der Waals surface area contributed by atoms with E-state index in [0.717, 1.165) is 11.8 Å². The number of anilines is 1. The summed E-state index contributed by atoms with van der Waals surface area (Å²) >= 11 is 1.15. The fourth-order valence-electron chi connectivity index (χ4n) is 1.84. The first kappa shape index (κ1) is 16.2. The molecule has 1 amide bonds. The third-order valence-electron chi connectivity index (χ3n) is 2.90. The molecule has 0 aliphatic heterocycles. The number of carbonyl (C=O) groups excluding carboxylic acids is 1. The van der Waals surface area contributed by atoms with Gasteiger partial charge in [0, 0.05) is 11.8 Å². The molecule has 116 valence electrons. The van der Waals surface area contributed by atoms with E-state index in [9.17, 15) is 14.0 Å². The van der Waals surface area contributed by atoms with Crippen molar-refractivity contribution in [3.63, 3.8) is 0 Å². The smallest absolute Gasteiger partial charge is 0.251 e. The number of thioether (sulfide) groups is 1. The quantitative estimate of drug-likeness (QED) is 0.656. The molecule has 2 aromatic rings. The molecule has 5 nitrogen and oxygen atoms in total. The summed E-state index contributed by atoms with van der Waals surface area (Å²) < 4.78 is 13.6. The molecule has 1 aromatic heterocycles. The maximum atomic E-state index is 13.6. The predicted molar refractivity (Wildman–Crippen MR) is 84.6 cm³/mol. The second-order valence-electron chi connectivity index (χ2n) is 4.68. The predicted octanol–water partition coefficient (Wildman–Crippen LogP) is 2.73. The third-order valence-corrected chi connectivity index (χ3v) is 4.15. The molecule has 0 aliphatic rings. The number of carbonyl (C=O) groups is 1. The van der Waals surface area contributed by atoms with Gasteiger partial charge in [-0.25, -0.2) is 9.37 Å². The largest absolute Gasteiger partial charge is 0.323 e. The zero-order valence-electron chi connectivity index (χ0n) is 12.2. The molecule has 0 radical (unpaired) electrons. The van der Waals surface area contributed by atoms with Gasteiger partial charge in [0.2, 0.25) is 5.91 Å². The Morgan fingerprint density at radius 3 is 2.82 bits per heavy atom. The first-order valence-corrected chi connectivity index (χ1v) is 7.67. The Labute approximate surface area is 131 Å². The first-order chi connectivity index (χ1) is 10.5. The van der Waals surface area contributed by atoms with Crippen LogP contribution in [0.4, 0.5) is 10.1 Å². The van der Waals surface area contributed by atoms with Crippen molar-refractivity contribution in [1.29, 1.82) is 0 Å². The maximum absolute atomic E-state index is 13.6. The Kier molecular flexibility index (Phi) is 5.32. The lowest BCUT2D eigenvalue weighted by molar-refractivity contribution is -0.115. The van der Waals surface area contributed by atoms with E-state index < -0.39 is 11.1 Å². The molecule has 0 spiro atoms. The molecule has 2 N–H and O–H groups in total. The Morgan fingerprint density at radius 1 is 1.45 bits per heavy atom. The van der Waals surface area contributed by atoms with Crippen molar-refractivity contribution in [2.24, 2.45) is 0 Å². The number of H-pyrrole nitrogens is 1. The number of rotatable bonds is 5. The SMILES string of the molecule is CCC(Sc1nc(C)cc(=O)[nH]1)C(=O)Nc1ccccc1F. The molecule has 1 atom stereocenters. The van der Waals surface area contributed by atoms with Crippen LogP contribution in [0.25, 0.3) is 0 Å². The van der Waals surface area contributed by atoms with Crippen molar-refractivity contribution in [3.8, 4) is 0 Å². The van der Waals surface area contributed by atoms with Gasteiger partial charge in [0.1, 0.15) is 5.82 Å². The van der Waals surface area contributed by atoms with Gasteiger partial charge in [0.05, 0.1) is 10.9 Å². The van der Waals surface area contributed by atoms with E-state index >= 15 is 0 Å². The van der Waals surface area contributed by atoms with Crippen molar-refractivity contribution in [1.82, 2.24) is 9.97 Å². The van der Waals surface area contributed by atoms with Crippen molar-refractivity contribution >= 4 is 23.4 Å². The molecular formula is C15H16FN3O2S. The van der Waals surface area contributed by atoms with Crippen LogP contribution in [0, 0.1) is 12.7 Å². The fraction of sp³-hybridized carbons (Fsp3) is 0.267. The number of hydrogen-bond acceptors (Lipinski definition) is 4. The number of aromatic amines is 1. The van der Waals surface area contributed by atoms with E-state index in [-0.39, 0.29) is 17.2 Å². The van der Waals surface area contributed by atoms with E-state index in [1.54, 1.807) is 19.1 Å². The Balaban J connectivity index is 2.12. The summed E-state index contributed by atoms with van der Waals surface area (Å²) in [5, 5.41) is 2.45. The topological polar surface area (TPSA) is 74.8 Å². The minimum atomic E-state index is -0.488. The lowest BCUT2D eigenvalue weighted by Gasteiger charge is -2.14. The summed E-state index contributed by atoms with van der Waals surface area (Å²) in [6.07, 6.45) is 0.516. The average molecular weight is 321 g/mol. The number of hydrogen-bond donors (Lipinski definition) is 2. The van der Waals surface area contributed by atoms with Gasteiger partial charge in [0.25, 0.3) is 5.56 Å². The highest BCUT2D eigenvalue weighted by atomic mass is 32.2. The molecule has 0 aliphatic carbocycles. The second-order valence-corrected chi connectivity index (χ2v) is 5.87. The molecule has 0 saturated heterocycles. The molecule has 1 unspecified atom stereocenters. The van der Waals surface area contributed by atoms with Gasteiger partial charge >= 0.3 is 0 Å². The summed E-state index contributed by atoms with van der Waals surface area (Å²) in [5.74, 6) is -0.820. The fourth-order valence-corrected chi connectivity index (χ4v) is 2.80. The molecule has 22 heavy (non-hydrogen) atoms. The van der Waals surface area contributed by atoms with Crippen molar-refractivity contribution < 1.29 is 9.18 Å². The molecule has 1 heterocycles. The van der Waals surface area contributed by atoms with Crippen LogP contribution in [-0.2, 0) is 4.79 Å². The minimum absolute atomic E-state index is 0.136. The number of benzene rings is 1. The molecule has 1 aromatic carbocycles. The number of nitrogens with zero attached hydrogens (tertiary/aromatic N) is 1. The Morgan fingerprint density at radius 2 is 2.18 bits per heavy atom. The lowest BCUT2D eigenvalue weighted by Crippen LogP contribution is -2.25. The minimum Gasteiger partial charge on any atom is -0.323 e. The van der Waals surface area contributed by atoms with Gasteiger partial charge in [-0.1, -0.05) is 30.8 Å². The molecule has 0 fully saturated rings. The van der Waals surface area contributed by atoms with E-state index in [4.69, 9.17) is 0 Å². The Hall–Kier alpha value is -2.15. The number of aromatic nitrogens is 2. The third kappa shape index (κ3) is 4.17. The van der Waals surface area contributed by atoms with Crippen molar-refractivity contribution in [2.45, 2.75) is 30.7 Å². The zero-order valence-corrected chi connectivity index (χ0v) is 13.0. The van der Waals surface area contributed by atoms with Gasteiger partial charge in [0.15, 0.2) is 5.16 Å². The first-order valence-electron chi connectivity index (χ1n) is 6.79. The van der Waals surface area contributed by atoms with E-state index in [0.29, 0.717) is 17.3 Å². The van der Waals surface area contributed by atoms with E-state index in [1.807, 2.05) is 6.92 Å². The molecule has 0 saturated carbocycles. The van der Waals surface area contributed by atoms with Crippen LogP contribution in [0.1, 0.15) is 19.0 Å². The van der Waals surface area contributed by atoms with Crippen LogP contribution >= 0.6 is 11.8 Å². The van der Waals surface area contributed by atoms with Gasteiger partial charge in [-0.2, -0.15) is 0 Å².